The summed E-state index contributed by atoms with van der Waals surface area (Å²) < 4.78 is 10.7. The zero-order valence-electron chi connectivity index (χ0n) is 14.5. The molecular formula is C20H20N2O4. The summed E-state index contributed by atoms with van der Waals surface area (Å²) in [4.78, 5) is 27.0. The highest BCUT2D eigenvalue weighted by Crippen LogP contribution is 2.35. The molecule has 2 aliphatic heterocycles. The maximum absolute atomic E-state index is 13.2. The molecule has 134 valence electrons. The van der Waals surface area contributed by atoms with Crippen LogP contribution in [0.1, 0.15) is 30.4 Å². The Labute approximate surface area is 151 Å². The summed E-state index contributed by atoms with van der Waals surface area (Å²) in [6.45, 7) is 3.20. The predicted octanol–water partition coefficient (Wildman–Crippen LogP) is 2.89. The highest BCUT2D eigenvalue weighted by Gasteiger charge is 2.33. The van der Waals surface area contributed by atoms with Crippen molar-refractivity contribution in [3.8, 4) is 11.5 Å². The average Bonchev–Trinajstić information content (AvgIpc) is 3.12. The third kappa shape index (κ3) is 2.98. The third-order valence-corrected chi connectivity index (χ3v) is 4.80. The number of carbonyl (C=O) groups excluding carboxylic acids is 2. The molecule has 0 fully saturated rings. The largest absolute Gasteiger partial charge is 0.454 e. The third-order valence-electron chi connectivity index (χ3n) is 4.80. The number of fused-ring (bicyclic) bond motifs is 2. The van der Waals surface area contributed by atoms with Crippen LogP contribution in [0.2, 0.25) is 0 Å². The standard InChI is InChI=1S/C20H20N2O4/c1-2-22(11-13-7-8-17-18(9-13)26-12-25-17)20(24)15-10-19(23)21-16-6-4-3-5-14(15)16/h3-9,15H,2,10-12H2,1H3,(H,21,23). The van der Waals surface area contributed by atoms with E-state index in [-0.39, 0.29) is 25.0 Å². The summed E-state index contributed by atoms with van der Waals surface area (Å²) in [6.07, 6.45) is 0.174. The topological polar surface area (TPSA) is 67.9 Å². The van der Waals surface area contributed by atoms with Crippen LogP contribution in [0.5, 0.6) is 11.5 Å². The van der Waals surface area contributed by atoms with Gasteiger partial charge in [-0.3, -0.25) is 9.59 Å². The first-order chi connectivity index (χ1) is 12.7. The van der Waals surface area contributed by atoms with Gasteiger partial charge in [0.15, 0.2) is 11.5 Å². The molecule has 0 aromatic heterocycles. The predicted molar refractivity (Wildman–Crippen MR) is 96.1 cm³/mol. The molecule has 2 amide bonds. The van der Waals surface area contributed by atoms with Gasteiger partial charge >= 0.3 is 0 Å². The van der Waals surface area contributed by atoms with Crippen LogP contribution < -0.4 is 14.8 Å². The molecular weight excluding hydrogens is 332 g/mol. The van der Waals surface area contributed by atoms with Gasteiger partial charge in [0.05, 0.1) is 5.92 Å². The Balaban J connectivity index is 1.57. The van der Waals surface area contributed by atoms with Crippen molar-refractivity contribution in [2.75, 3.05) is 18.7 Å². The van der Waals surface area contributed by atoms with Crippen LogP contribution in [-0.2, 0) is 16.1 Å². The van der Waals surface area contributed by atoms with E-state index in [4.69, 9.17) is 9.47 Å². The number of amides is 2. The minimum absolute atomic E-state index is 0.0348. The van der Waals surface area contributed by atoms with Gasteiger partial charge in [0.2, 0.25) is 18.6 Å². The Hall–Kier alpha value is -3.02. The molecule has 0 saturated heterocycles. The second-order valence-corrected chi connectivity index (χ2v) is 6.43. The second-order valence-electron chi connectivity index (χ2n) is 6.43. The van der Waals surface area contributed by atoms with E-state index in [2.05, 4.69) is 5.32 Å². The van der Waals surface area contributed by atoms with E-state index in [1.165, 1.54) is 0 Å². The van der Waals surface area contributed by atoms with Gasteiger partial charge in [0, 0.05) is 25.2 Å². The van der Waals surface area contributed by atoms with Crippen LogP contribution in [0, 0.1) is 0 Å². The quantitative estimate of drug-likeness (QED) is 0.919. The van der Waals surface area contributed by atoms with Gasteiger partial charge in [-0.1, -0.05) is 24.3 Å². The van der Waals surface area contributed by atoms with Crippen molar-refractivity contribution in [3.05, 3.63) is 53.6 Å². The van der Waals surface area contributed by atoms with Gasteiger partial charge in [0.1, 0.15) is 0 Å². The van der Waals surface area contributed by atoms with Gasteiger partial charge in [0.25, 0.3) is 0 Å². The van der Waals surface area contributed by atoms with Crippen molar-refractivity contribution in [2.24, 2.45) is 0 Å². The average molecular weight is 352 g/mol. The van der Waals surface area contributed by atoms with E-state index in [1.54, 1.807) is 4.90 Å². The molecule has 0 bridgehead atoms. The molecule has 1 N–H and O–H groups in total. The van der Waals surface area contributed by atoms with Gasteiger partial charge in [-0.25, -0.2) is 0 Å². The van der Waals surface area contributed by atoms with Crippen molar-refractivity contribution >= 4 is 17.5 Å². The monoisotopic (exact) mass is 352 g/mol. The summed E-state index contributed by atoms with van der Waals surface area (Å²) in [7, 11) is 0. The van der Waals surface area contributed by atoms with E-state index < -0.39 is 5.92 Å². The number of rotatable bonds is 4. The molecule has 1 atom stereocenters. The van der Waals surface area contributed by atoms with Crippen LogP contribution in [0.15, 0.2) is 42.5 Å². The van der Waals surface area contributed by atoms with Crippen LogP contribution in [0.3, 0.4) is 0 Å². The van der Waals surface area contributed by atoms with Crippen LogP contribution in [-0.4, -0.2) is 30.1 Å². The van der Waals surface area contributed by atoms with E-state index in [0.29, 0.717) is 18.8 Å². The SMILES string of the molecule is CCN(Cc1ccc2c(c1)OCO2)C(=O)C1CC(=O)Nc2ccccc21. The number of para-hydroxylation sites is 1. The first-order valence-corrected chi connectivity index (χ1v) is 8.72. The molecule has 4 rings (SSSR count). The lowest BCUT2D eigenvalue weighted by Gasteiger charge is -2.30. The Morgan fingerprint density at radius 2 is 2.00 bits per heavy atom. The van der Waals surface area contributed by atoms with Gasteiger partial charge in [-0.15, -0.1) is 0 Å². The number of benzene rings is 2. The van der Waals surface area contributed by atoms with Crippen LogP contribution in [0.25, 0.3) is 0 Å². The van der Waals surface area contributed by atoms with Crippen molar-refractivity contribution in [1.29, 1.82) is 0 Å². The lowest BCUT2D eigenvalue weighted by Crippen LogP contribution is -2.38. The lowest BCUT2D eigenvalue weighted by molar-refractivity contribution is -0.135. The minimum Gasteiger partial charge on any atom is -0.454 e. The van der Waals surface area contributed by atoms with Crippen LogP contribution >= 0.6 is 0 Å². The Bertz CT molecular complexity index is 865. The molecule has 6 heteroatoms. The summed E-state index contributed by atoms with van der Waals surface area (Å²) in [5.41, 5.74) is 2.57. The Kier molecular flexibility index (Phi) is 4.24. The highest BCUT2D eigenvalue weighted by molar-refractivity contribution is 6.01. The molecule has 0 aliphatic carbocycles. The molecule has 0 radical (unpaired) electrons. The van der Waals surface area contributed by atoms with Gasteiger partial charge < -0.3 is 19.7 Å². The van der Waals surface area contributed by atoms with Crippen molar-refractivity contribution < 1.29 is 19.1 Å². The number of ether oxygens (including phenoxy) is 2. The number of nitrogens with zero attached hydrogens (tertiary/aromatic N) is 1. The maximum Gasteiger partial charge on any atom is 0.231 e. The molecule has 2 aromatic rings. The van der Waals surface area contributed by atoms with E-state index in [1.807, 2.05) is 49.4 Å². The minimum atomic E-state index is -0.450. The maximum atomic E-state index is 13.2. The van der Waals surface area contributed by atoms with Gasteiger partial charge in [-0.05, 0) is 36.2 Å². The summed E-state index contributed by atoms with van der Waals surface area (Å²) in [6, 6.07) is 13.2. The fourth-order valence-electron chi connectivity index (χ4n) is 3.46. The Morgan fingerprint density at radius 3 is 2.85 bits per heavy atom. The zero-order chi connectivity index (χ0) is 18.1. The zero-order valence-corrected chi connectivity index (χ0v) is 14.5. The van der Waals surface area contributed by atoms with Crippen LogP contribution in [0.4, 0.5) is 5.69 Å². The lowest BCUT2D eigenvalue weighted by atomic mass is 9.89. The number of anilines is 1. The smallest absolute Gasteiger partial charge is 0.231 e. The first-order valence-electron chi connectivity index (χ1n) is 8.72. The molecule has 2 heterocycles. The van der Waals surface area contributed by atoms with Gasteiger partial charge in [-0.2, -0.15) is 0 Å². The summed E-state index contributed by atoms with van der Waals surface area (Å²) in [5.74, 6) is 0.817. The first kappa shape index (κ1) is 16.4. The normalized spacial score (nSPS) is 17.4. The van der Waals surface area contributed by atoms with E-state index >= 15 is 0 Å². The summed E-state index contributed by atoms with van der Waals surface area (Å²) in [5, 5.41) is 2.84. The number of hydrogen-bond acceptors (Lipinski definition) is 4. The molecule has 2 aromatic carbocycles. The molecule has 0 spiro atoms. The fraction of sp³-hybridized carbons (Fsp3) is 0.300. The Morgan fingerprint density at radius 1 is 1.19 bits per heavy atom. The number of likely N-dealkylation sites (N-methyl/N-ethyl adjacent to an activating group) is 1. The molecule has 0 saturated carbocycles. The fourth-order valence-corrected chi connectivity index (χ4v) is 3.46. The number of hydrogen-bond donors (Lipinski definition) is 1. The highest BCUT2D eigenvalue weighted by atomic mass is 16.7. The molecule has 6 nitrogen and oxygen atoms in total. The van der Waals surface area contributed by atoms with E-state index in [9.17, 15) is 9.59 Å². The number of nitrogens with one attached hydrogen (secondary N) is 1. The van der Waals surface area contributed by atoms with Crippen molar-refractivity contribution in [3.63, 3.8) is 0 Å². The molecule has 26 heavy (non-hydrogen) atoms. The molecule has 2 aliphatic rings. The second kappa shape index (κ2) is 6.71. The van der Waals surface area contributed by atoms with Crippen molar-refractivity contribution in [2.45, 2.75) is 25.8 Å². The summed E-state index contributed by atoms with van der Waals surface area (Å²) >= 11 is 0. The molecule has 1 unspecified atom stereocenters. The number of carbonyl (C=O) groups is 2. The van der Waals surface area contributed by atoms with E-state index in [0.717, 1.165) is 22.6 Å². The van der Waals surface area contributed by atoms with Crippen molar-refractivity contribution in [1.82, 2.24) is 4.90 Å².